The fourth-order valence-corrected chi connectivity index (χ4v) is 2.87. The Morgan fingerprint density at radius 3 is 2.54 bits per heavy atom. The van der Waals surface area contributed by atoms with Gasteiger partial charge in [0.25, 0.3) is 5.92 Å². The largest absolute Gasteiger partial charge is 0.326 e. The van der Waals surface area contributed by atoms with E-state index < -0.39 is 30.0 Å². The van der Waals surface area contributed by atoms with Gasteiger partial charge in [-0.3, -0.25) is 9.78 Å². The van der Waals surface area contributed by atoms with Gasteiger partial charge in [-0.2, -0.15) is 0 Å². The van der Waals surface area contributed by atoms with Crippen LogP contribution in [0, 0.1) is 11.7 Å². The molecule has 2 fully saturated rings. The number of amides is 1. The molecule has 1 N–H and O–H groups in total. The van der Waals surface area contributed by atoms with Crippen molar-refractivity contribution in [3.05, 3.63) is 47.9 Å². The Labute approximate surface area is 136 Å². The van der Waals surface area contributed by atoms with Crippen molar-refractivity contribution in [1.82, 2.24) is 4.98 Å². The first-order valence-corrected chi connectivity index (χ1v) is 7.88. The van der Waals surface area contributed by atoms with Gasteiger partial charge < -0.3 is 5.32 Å². The Morgan fingerprint density at radius 1 is 1.21 bits per heavy atom. The standard InChI is InChI=1S/C18H15F3N2O/c19-11-3-6-16(22-9-11)14-7-12(4-5-13(14)10-1-2-10)23-17(24)15-8-18(15,20)21/h3-7,9-10,15H,1-2,8H2,(H,23,24)/t15-/m1/s1. The fraction of sp³-hybridized carbons (Fsp3) is 0.333. The summed E-state index contributed by atoms with van der Waals surface area (Å²) < 4.78 is 39.1. The van der Waals surface area contributed by atoms with E-state index in [0.717, 1.165) is 30.2 Å². The average Bonchev–Trinajstić information content (AvgIpc) is 3.45. The summed E-state index contributed by atoms with van der Waals surface area (Å²) in [5.74, 6) is -4.79. The maximum absolute atomic E-state index is 13.1. The van der Waals surface area contributed by atoms with E-state index in [1.807, 2.05) is 6.07 Å². The first-order chi connectivity index (χ1) is 11.4. The van der Waals surface area contributed by atoms with Crippen molar-refractivity contribution < 1.29 is 18.0 Å². The van der Waals surface area contributed by atoms with Crippen molar-refractivity contribution in [1.29, 1.82) is 0 Å². The van der Waals surface area contributed by atoms with E-state index in [1.165, 1.54) is 6.07 Å². The van der Waals surface area contributed by atoms with Gasteiger partial charge in [-0.05, 0) is 48.6 Å². The van der Waals surface area contributed by atoms with Crippen molar-refractivity contribution in [2.45, 2.75) is 31.1 Å². The normalized spacial score (nSPS) is 21.4. The van der Waals surface area contributed by atoms with Crippen molar-refractivity contribution in [2.75, 3.05) is 5.32 Å². The fourth-order valence-electron chi connectivity index (χ4n) is 2.87. The van der Waals surface area contributed by atoms with Crippen LogP contribution in [0.4, 0.5) is 18.9 Å². The van der Waals surface area contributed by atoms with Gasteiger partial charge in [-0.1, -0.05) is 6.07 Å². The van der Waals surface area contributed by atoms with Crippen LogP contribution < -0.4 is 5.32 Å². The molecule has 0 saturated heterocycles. The SMILES string of the molecule is O=C(Nc1ccc(C2CC2)c(-c2ccc(F)cn2)c1)[C@H]1CC1(F)F. The van der Waals surface area contributed by atoms with Gasteiger partial charge in [0.2, 0.25) is 5.91 Å². The first-order valence-electron chi connectivity index (χ1n) is 7.88. The zero-order valence-corrected chi connectivity index (χ0v) is 12.7. The Balaban J connectivity index is 1.64. The second-order valence-electron chi connectivity index (χ2n) is 6.44. The molecule has 1 heterocycles. The molecule has 1 aromatic carbocycles. The van der Waals surface area contributed by atoms with Crippen molar-refractivity contribution in [3.63, 3.8) is 0 Å². The molecule has 2 aliphatic carbocycles. The molecule has 1 amide bonds. The molecule has 1 aromatic heterocycles. The second kappa shape index (κ2) is 5.33. The molecule has 1 atom stereocenters. The minimum absolute atomic E-state index is 0.397. The maximum Gasteiger partial charge on any atom is 0.260 e. The number of hydrogen-bond donors (Lipinski definition) is 1. The van der Waals surface area contributed by atoms with E-state index in [1.54, 1.807) is 18.2 Å². The van der Waals surface area contributed by atoms with Crippen LogP contribution in [-0.2, 0) is 4.79 Å². The smallest absolute Gasteiger partial charge is 0.260 e. The maximum atomic E-state index is 13.1. The number of hydrogen-bond acceptors (Lipinski definition) is 2. The number of nitrogens with zero attached hydrogens (tertiary/aromatic N) is 1. The van der Waals surface area contributed by atoms with Crippen LogP contribution in [0.2, 0.25) is 0 Å². The summed E-state index contributed by atoms with van der Waals surface area (Å²) >= 11 is 0. The summed E-state index contributed by atoms with van der Waals surface area (Å²) in [7, 11) is 0. The third-order valence-electron chi connectivity index (χ3n) is 4.48. The van der Waals surface area contributed by atoms with Crippen molar-refractivity contribution in [2.24, 2.45) is 5.92 Å². The highest BCUT2D eigenvalue weighted by atomic mass is 19.3. The van der Waals surface area contributed by atoms with Gasteiger partial charge in [0.15, 0.2) is 0 Å². The summed E-state index contributed by atoms with van der Waals surface area (Å²) in [5, 5.41) is 2.55. The molecule has 0 bridgehead atoms. The van der Waals surface area contributed by atoms with E-state index in [4.69, 9.17) is 0 Å². The van der Waals surface area contributed by atoms with E-state index >= 15 is 0 Å². The van der Waals surface area contributed by atoms with Gasteiger partial charge in [0.1, 0.15) is 11.7 Å². The van der Waals surface area contributed by atoms with Gasteiger partial charge in [0.05, 0.1) is 11.9 Å². The molecular formula is C18H15F3N2O. The van der Waals surface area contributed by atoms with Crippen LogP contribution in [0.1, 0.15) is 30.7 Å². The minimum Gasteiger partial charge on any atom is -0.326 e. The van der Waals surface area contributed by atoms with Crippen molar-refractivity contribution in [3.8, 4) is 11.3 Å². The zero-order valence-electron chi connectivity index (χ0n) is 12.7. The summed E-state index contributed by atoms with van der Waals surface area (Å²) in [6.07, 6.45) is 2.90. The van der Waals surface area contributed by atoms with Crippen LogP contribution in [0.25, 0.3) is 11.3 Å². The summed E-state index contributed by atoms with van der Waals surface area (Å²) in [6.45, 7) is 0. The number of pyridine rings is 1. The lowest BCUT2D eigenvalue weighted by atomic mass is 9.99. The van der Waals surface area contributed by atoms with Crippen LogP contribution in [-0.4, -0.2) is 16.8 Å². The van der Waals surface area contributed by atoms with E-state index in [2.05, 4.69) is 10.3 Å². The molecule has 124 valence electrons. The van der Waals surface area contributed by atoms with E-state index in [-0.39, 0.29) is 0 Å². The zero-order chi connectivity index (χ0) is 16.9. The Kier molecular flexibility index (Phi) is 3.37. The third-order valence-corrected chi connectivity index (χ3v) is 4.48. The molecule has 2 aromatic rings. The number of carbonyl (C=O) groups excluding carboxylic acids is 1. The first kappa shape index (κ1) is 15.2. The van der Waals surface area contributed by atoms with E-state index in [0.29, 0.717) is 17.3 Å². The number of rotatable bonds is 4. The number of halogens is 3. The molecule has 2 saturated carbocycles. The molecule has 0 unspecified atom stereocenters. The molecule has 24 heavy (non-hydrogen) atoms. The Hall–Kier alpha value is -2.37. The quantitative estimate of drug-likeness (QED) is 0.904. The van der Waals surface area contributed by atoms with Gasteiger partial charge in [-0.25, -0.2) is 13.2 Å². The van der Waals surface area contributed by atoms with Crippen LogP contribution in [0.15, 0.2) is 36.5 Å². The predicted octanol–water partition coefficient (Wildman–Crippen LogP) is 4.36. The lowest BCUT2D eigenvalue weighted by Crippen LogP contribution is -2.17. The van der Waals surface area contributed by atoms with E-state index in [9.17, 15) is 18.0 Å². The lowest BCUT2D eigenvalue weighted by molar-refractivity contribution is -0.119. The Morgan fingerprint density at radius 2 is 1.96 bits per heavy atom. The molecule has 0 aliphatic heterocycles. The molecule has 0 spiro atoms. The summed E-state index contributed by atoms with van der Waals surface area (Å²) in [4.78, 5) is 16.0. The predicted molar refractivity (Wildman–Crippen MR) is 83.3 cm³/mol. The molecule has 3 nitrogen and oxygen atoms in total. The highest BCUT2D eigenvalue weighted by Crippen LogP contribution is 2.49. The number of aromatic nitrogens is 1. The lowest BCUT2D eigenvalue weighted by Gasteiger charge is -2.12. The number of carbonyl (C=O) groups is 1. The molecule has 4 rings (SSSR count). The second-order valence-corrected chi connectivity index (χ2v) is 6.44. The molecule has 6 heteroatoms. The average molecular weight is 332 g/mol. The van der Waals surface area contributed by atoms with Crippen molar-refractivity contribution >= 4 is 11.6 Å². The number of nitrogens with one attached hydrogen (secondary N) is 1. The molecular weight excluding hydrogens is 317 g/mol. The number of anilines is 1. The molecule has 0 radical (unpaired) electrons. The highest BCUT2D eigenvalue weighted by molar-refractivity contribution is 5.96. The third kappa shape index (κ3) is 2.88. The summed E-state index contributed by atoms with van der Waals surface area (Å²) in [5.41, 5.74) is 2.95. The van der Waals surface area contributed by atoms with Gasteiger partial charge in [0, 0.05) is 17.7 Å². The van der Waals surface area contributed by atoms with Gasteiger partial charge in [-0.15, -0.1) is 0 Å². The number of benzene rings is 1. The van der Waals surface area contributed by atoms with Gasteiger partial charge >= 0.3 is 0 Å². The Bertz CT molecular complexity index is 800. The minimum atomic E-state index is -2.89. The van der Waals surface area contributed by atoms with Crippen LogP contribution in [0.3, 0.4) is 0 Å². The summed E-state index contributed by atoms with van der Waals surface area (Å²) in [6, 6.07) is 8.25. The molecule has 2 aliphatic rings. The van der Waals surface area contributed by atoms with Crippen LogP contribution >= 0.6 is 0 Å². The monoisotopic (exact) mass is 332 g/mol. The number of alkyl halides is 2. The topological polar surface area (TPSA) is 42.0 Å². The van der Waals surface area contributed by atoms with Crippen LogP contribution in [0.5, 0.6) is 0 Å². The highest BCUT2D eigenvalue weighted by Gasteiger charge is 2.61.